The molecule has 6 nitrogen and oxygen atoms in total. The van der Waals surface area contributed by atoms with Crippen molar-refractivity contribution in [2.24, 2.45) is 7.05 Å². The van der Waals surface area contributed by atoms with E-state index in [1.165, 1.54) is 0 Å². The van der Waals surface area contributed by atoms with Gasteiger partial charge in [-0.05, 0) is 24.6 Å². The van der Waals surface area contributed by atoms with Gasteiger partial charge in [-0.1, -0.05) is 13.0 Å². The quantitative estimate of drug-likeness (QED) is 0.740. The van der Waals surface area contributed by atoms with Crippen molar-refractivity contribution < 1.29 is 4.74 Å². The maximum Gasteiger partial charge on any atom is 0.261 e. The predicted octanol–water partition coefficient (Wildman–Crippen LogP) is 2.14. The third-order valence-electron chi connectivity index (χ3n) is 3.92. The molecule has 0 aliphatic heterocycles. The zero-order valence-corrected chi connectivity index (χ0v) is 12.9. The van der Waals surface area contributed by atoms with Gasteiger partial charge in [0.2, 0.25) is 0 Å². The molecule has 0 spiro atoms. The van der Waals surface area contributed by atoms with Crippen molar-refractivity contribution in [3.8, 4) is 5.75 Å². The zero-order chi connectivity index (χ0) is 15.7. The molecule has 6 heteroatoms. The van der Waals surface area contributed by atoms with Crippen LogP contribution in [0, 0.1) is 0 Å². The van der Waals surface area contributed by atoms with E-state index in [2.05, 4.69) is 10.1 Å². The number of nitrogens with zero attached hydrogens (tertiary/aromatic N) is 4. The van der Waals surface area contributed by atoms with E-state index in [-0.39, 0.29) is 11.6 Å². The van der Waals surface area contributed by atoms with Gasteiger partial charge in [0.05, 0.1) is 30.6 Å². The van der Waals surface area contributed by atoms with E-state index in [4.69, 9.17) is 4.74 Å². The molecule has 0 bridgehead atoms. The molecule has 0 saturated carbocycles. The van der Waals surface area contributed by atoms with Crippen LogP contribution in [0.3, 0.4) is 0 Å². The lowest BCUT2D eigenvalue weighted by Crippen LogP contribution is -2.27. The summed E-state index contributed by atoms with van der Waals surface area (Å²) in [7, 11) is 3.45. The molecule has 0 aliphatic carbocycles. The van der Waals surface area contributed by atoms with Gasteiger partial charge in [0.1, 0.15) is 11.3 Å². The summed E-state index contributed by atoms with van der Waals surface area (Å²) in [5, 5.41) is 4.75. The Morgan fingerprint density at radius 1 is 1.32 bits per heavy atom. The van der Waals surface area contributed by atoms with E-state index in [9.17, 15) is 4.79 Å². The molecule has 0 fully saturated rings. The molecular formula is C16H18N4O2. The standard InChI is InChI=1S/C16H18N4O2/c1-4-12(13-8-9-18-19(13)2)20-10-17-15-11(16(20)21)6-5-7-14(15)22-3/h5-10,12H,4H2,1-3H3. The number of aryl methyl sites for hydroxylation is 1. The smallest absolute Gasteiger partial charge is 0.261 e. The lowest BCUT2D eigenvalue weighted by atomic mass is 10.1. The number of methoxy groups -OCH3 is 1. The van der Waals surface area contributed by atoms with Crippen molar-refractivity contribution in [3.63, 3.8) is 0 Å². The maximum atomic E-state index is 12.8. The minimum Gasteiger partial charge on any atom is -0.494 e. The molecule has 3 aromatic rings. The average Bonchev–Trinajstić information content (AvgIpc) is 2.96. The van der Waals surface area contributed by atoms with Crippen LogP contribution < -0.4 is 10.3 Å². The maximum absolute atomic E-state index is 12.8. The highest BCUT2D eigenvalue weighted by atomic mass is 16.5. The summed E-state index contributed by atoms with van der Waals surface area (Å²) >= 11 is 0. The first-order chi connectivity index (χ1) is 10.7. The third kappa shape index (κ3) is 2.16. The van der Waals surface area contributed by atoms with E-state index < -0.39 is 0 Å². The molecule has 22 heavy (non-hydrogen) atoms. The van der Waals surface area contributed by atoms with E-state index in [0.717, 1.165) is 12.1 Å². The molecule has 0 aliphatic rings. The summed E-state index contributed by atoms with van der Waals surface area (Å²) < 4.78 is 8.73. The largest absolute Gasteiger partial charge is 0.494 e. The van der Waals surface area contributed by atoms with Gasteiger partial charge in [-0.15, -0.1) is 0 Å². The summed E-state index contributed by atoms with van der Waals surface area (Å²) in [5.41, 5.74) is 1.50. The molecule has 1 unspecified atom stereocenters. The Morgan fingerprint density at radius 3 is 2.77 bits per heavy atom. The fourth-order valence-corrected chi connectivity index (χ4v) is 2.79. The molecule has 1 aromatic carbocycles. The number of benzene rings is 1. The van der Waals surface area contributed by atoms with Crippen molar-refractivity contribution >= 4 is 10.9 Å². The summed E-state index contributed by atoms with van der Waals surface area (Å²) in [4.78, 5) is 17.3. The Labute approximate surface area is 128 Å². The van der Waals surface area contributed by atoms with Gasteiger partial charge < -0.3 is 4.74 Å². The molecule has 3 rings (SSSR count). The second kappa shape index (κ2) is 5.63. The number of rotatable bonds is 4. The van der Waals surface area contributed by atoms with E-state index >= 15 is 0 Å². The van der Waals surface area contributed by atoms with Gasteiger partial charge in [0.15, 0.2) is 0 Å². The molecule has 0 amide bonds. The van der Waals surface area contributed by atoms with Crippen LogP contribution in [0.1, 0.15) is 25.1 Å². The lowest BCUT2D eigenvalue weighted by molar-refractivity contribution is 0.418. The van der Waals surface area contributed by atoms with Gasteiger partial charge in [0, 0.05) is 13.2 Å². The summed E-state index contributed by atoms with van der Waals surface area (Å²) in [6.07, 6.45) is 4.10. The first-order valence-corrected chi connectivity index (χ1v) is 7.19. The van der Waals surface area contributed by atoms with E-state index in [1.54, 1.807) is 47.1 Å². The normalized spacial score (nSPS) is 12.5. The minimum atomic E-state index is -0.0944. The summed E-state index contributed by atoms with van der Waals surface area (Å²) in [6, 6.07) is 7.22. The Kier molecular flexibility index (Phi) is 3.66. The van der Waals surface area contributed by atoms with Gasteiger partial charge >= 0.3 is 0 Å². The van der Waals surface area contributed by atoms with Gasteiger partial charge in [0.25, 0.3) is 5.56 Å². The van der Waals surface area contributed by atoms with Crippen molar-refractivity contribution in [1.82, 2.24) is 19.3 Å². The Hall–Kier alpha value is -2.63. The minimum absolute atomic E-state index is 0.0723. The number of para-hydroxylation sites is 1. The second-order valence-electron chi connectivity index (χ2n) is 5.12. The van der Waals surface area contributed by atoms with Gasteiger partial charge in [-0.2, -0.15) is 5.10 Å². The fourth-order valence-electron chi connectivity index (χ4n) is 2.79. The fraction of sp³-hybridized carbons (Fsp3) is 0.312. The molecule has 1 atom stereocenters. The number of hydrogen-bond donors (Lipinski definition) is 0. The summed E-state index contributed by atoms with van der Waals surface area (Å²) in [5.74, 6) is 0.607. The van der Waals surface area contributed by atoms with E-state index in [0.29, 0.717) is 16.7 Å². The number of ether oxygens (including phenoxy) is 1. The van der Waals surface area contributed by atoms with Gasteiger partial charge in [-0.3, -0.25) is 14.0 Å². The van der Waals surface area contributed by atoms with E-state index in [1.807, 2.05) is 20.0 Å². The molecular weight excluding hydrogens is 280 g/mol. The first-order valence-electron chi connectivity index (χ1n) is 7.19. The predicted molar refractivity (Wildman–Crippen MR) is 84.2 cm³/mol. The van der Waals surface area contributed by atoms with Crippen molar-refractivity contribution in [1.29, 1.82) is 0 Å². The number of fused-ring (bicyclic) bond motifs is 1. The number of hydrogen-bond acceptors (Lipinski definition) is 4. The van der Waals surface area contributed by atoms with Crippen LogP contribution in [0.4, 0.5) is 0 Å². The Bertz CT molecular complexity index is 866. The monoisotopic (exact) mass is 298 g/mol. The van der Waals surface area contributed by atoms with Gasteiger partial charge in [-0.25, -0.2) is 4.98 Å². The van der Waals surface area contributed by atoms with Crippen LogP contribution in [0.5, 0.6) is 5.75 Å². The Morgan fingerprint density at radius 2 is 2.14 bits per heavy atom. The van der Waals surface area contributed by atoms with Crippen LogP contribution in [0.2, 0.25) is 0 Å². The molecule has 2 aromatic heterocycles. The average molecular weight is 298 g/mol. The molecule has 0 radical (unpaired) electrons. The van der Waals surface area contributed by atoms with Crippen LogP contribution in [-0.2, 0) is 7.05 Å². The first kappa shape index (κ1) is 14.3. The molecule has 0 saturated heterocycles. The van der Waals surface area contributed by atoms with Crippen molar-refractivity contribution in [3.05, 3.63) is 52.8 Å². The summed E-state index contributed by atoms with van der Waals surface area (Å²) in [6.45, 7) is 2.04. The SMILES string of the molecule is CCC(c1ccnn1C)n1cnc2c(OC)cccc2c1=O. The lowest BCUT2D eigenvalue weighted by Gasteiger charge is -2.18. The van der Waals surface area contributed by atoms with Crippen LogP contribution in [0.15, 0.2) is 41.6 Å². The van der Waals surface area contributed by atoms with Crippen LogP contribution >= 0.6 is 0 Å². The topological polar surface area (TPSA) is 61.9 Å². The zero-order valence-electron chi connectivity index (χ0n) is 12.9. The van der Waals surface area contributed by atoms with Crippen LogP contribution in [-0.4, -0.2) is 26.4 Å². The van der Waals surface area contributed by atoms with Crippen molar-refractivity contribution in [2.75, 3.05) is 7.11 Å². The highest BCUT2D eigenvalue weighted by Crippen LogP contribution is 2.23. The second-order valence-corrected chi connectivity index (χ2v) is 5.12. The van der Waals surface area contributed by atoms with Crippen molar-refractivity contribution in [2.45, 2.75) is 19.4 Å². The highest BCUT2D eigenvalue weighted by Gasteiger charge is 2.18. The van der Waals surface area contributed by atoms with Crippen LogP contribution in [0.25, 0.3) is 10.9 Å². The highest BCUT2D eigenvalue weighted by molar-refractivity contribution is 5.83. The third-order valence-corrected chi connectivity index (χ3v) is 3.92. The molecule has 0 N–H and O–H groups in total. The number of aromatic nitrogens is 4. The Balaban J connectivity index is 2.22. The molecule has 114 valence electrons. The molecule has 2 heterocycles.